The molecule has 0 aliphatic carbocycles. The number of aromatic amines is 2. The van der Waals surface area contributed by atoms with E-state index in [1.165, 1.54) is 18.2 Å². The summed E-state index contributed by atoms with van der Waals surface area (Å²) in [5.41, 5.74) is 5.28. The van der Waals surface area contributed by atoms with E-state index in [1.54, 1.807) is 36.8 Å². The molecule has 8 nitrogen and oxygen atoms in total. The lowest BCUT2D eigenvalue weighted by Gasteiger charge is -2.14. The molecule has 10 heteroatoms. The van der Waals surface area contributed by atoms with E-state index in [-0.39, 0.29) is 11.3 Å². The van der Waals surface area contributed by atoms with Crippen molar-refractivity contribution >= 4 is 27.6 Å². The maximum Gasteiger partial charge on any atom is 0.157 e. The summed E-state index contributed by atoms with van der Waals surface area (Å²) in [6.07, 6.45) is 6.73. The highest BCUT2D eigenvalue weighted by molar-refractivity contribution is 5.97. The highest BCUT2D eigenvalue weighted by Crippen LogP contribution is 2.34. The van der Waals surface area contributed by atoms with Crippen LogP contribution in [0.5, 0.6) is 0 Å². The largest absolute Gasteiger partial charge is 0.374 e. The van der Waals surface area contributed by atoms with Crippen LogP contribution in [-0.2, 0) is 0 Å². The van der Waals surface area contributed by atoms with Crippen LogP contribution in [0.2, 0.25) is 0 Å². The number of pyridine rings is 2. The van der Waals surface area contributed by atoms with Gasteiger partial charge in [-0.25, -0.2) is 13.8 Å². The number of rotatable bonds is 8. The van der Waals surface area contributed by atoms with E-state index in [1.807, 2.05) is 12.1 Å². The van der Waals surface area contributed by atoms with Crippen LogP contribution < -0.4 is 5.32 Å². The first kappa shape index (κ1) is 24.6. The molecule has 4 aromatic heterocycles. The Morgan fingerprint density at radius 3 is 2.64 bits per heavy atom. The molecule has 0 aliphatic rings. The predicted molar refractivity (Wildman–Crippen MR) is 147 cm³/mol. The van der Waals surface area contributed by atoms with Crippen molar-refractivity contribution in [2.24, 2.45) is 0 Å². The highest BCUT2D eigenvalue weighted by atomic mass is 19.1. The Morgan fingerprint density at radius 1 is 0.974 bits per heavy atom. The summed E-state index contributed by atoms with van der Waals surface area (Å²) in [5, 5.41) is 20.9. The van der Waals surface area contributed by atoms with Crippen LogP contribution in [0.3, 0.4) is 0 Å². The zero-order valence-corrected chi connectivity index (χ0v) is 21.0. The number of nitrogens with zero attached hydrogens (tertiary/aromatic N) is 4. The van der Waals surface area contributed by atoms with Crippen LogP contribution in [0.15, 0.2) is 67.1 Å². The Kier molecular flexibility index (Phi) is 6.45. The maximum atomic E-state index is 15.2. The van der Waals surface area contributed by atoms with Crippen LogP contribution in [0.4, 0.5) is 14.5 Å². The number of nitrogens with one attached hydrogen (secondary N) is 3. The zero-order chi connectivity index (χ0) is 26.9. The number of anilines is 1. The summed E-state index contributed by atoms with van der Waals surface area (Å²) in [7, 11) is 0. The lowest BCUT2D eigenvalue weighted by Crippen LogP contribution is -2.18. The number of imidazole rings is 1. The highest BCUT2D eigenvalue weighted by Gasteiger charge is 2.18. The number of hydrogen-bond acceptors (Lipinski definition) is 6. The predicted octanol–water partition coefficient (Wildman–Crippen LogP) is 6.43. The van der Waals surface area contributed by atoms with Crippen molar-refractivity contribution in [3.63, 3.8) is 0 Å². The molecule has 1 atom stereocenters. The van der Waals surface area contributed by atoms with Gasteiger partial charge in [-0.3, -0.25) is 15.1 Å². The summed E-state index contributed by atoms with van der Waals surface area (Å²) in [6, 6.07) is 12.9. The molecule has 6 aromatic rings. The number of aromatic nitrogens is 6. The monoisotopic (exact) mass is 525 g/mol. The number of fused-ring (bicyclic) bond motifs is 2. The van der Waals surface area contributed by atoms with Gasteiger partial charge in [0.1, 0.15) is 28.8 Å². The second kappa shape index (κ2) is 10.2. The topological polar surface area (TPSA) is 115 Å². The van der Waals surface area contributed by atoms with Crippen molar-refractivity contribution < 1.29 is 13.9 Å². The van der Waals surface area contributed by atoms with E-state index in [0.29, 0.717) is 51.4 Å². The molecule has 39 heavy (non-hydrogen) atoms. The first-order valence-corrected chi connectivity index (χ1v) is 12.7. The fourth-order valence-corrected chi connectivity index (χ4v) is 4.63. The van der Waals surface area contributed by atoms with Gasteiger partial charge in [0.25, 0.3) is 0 Å². The quantitative estimate of drug-likeness (QED) is 0.170. The first-order valence-electron chi connectivity index (χ1n) is 12.7. The molecule has 0 saturated carbocycles. The Balaban J connectivity index is 1.39. The molecule has 196 valence electrons. The normalized spacial score (nSPS) is 12.3. The fraction of sp³-hybridized carbons (Fsp3) is 0.172. The number of aliphatic hydroxyl groups is 1. The summed E-state index contributed by atoms with van der Waals surface area (Å²) >= 11 is 0. The molecule has 4 N–H and O–H groups in total. The van der Waals surface area contributed by atoms with Crippen molar-refractivity contribution in [3.05, 3.63) is 78.8 Å². The standard InChI is InChI=1S/C29H25F2N7O/c1-2-3-4-24(39)34-20-11-18(14-32-15-20)17-12-21-26(22(31)13-17)37-38-27(21)29-35-23-9-10-33-25(28(23)36-29)16-5-7-19(30)8-6-16/h5-15,24,34,39H,2-4H2,1H3,(H,35,36)(H,37,38). The molecule has 0 spiro atoms. The number of benzene rings is 2. The third-order valence-electron chi connectivity index (χ3n) is 6.60. The number of aliphatic hydroxyl groups excluding tert-OH is 1. The van der Waals surface area contributed by atoms with Crippen molar-refractivity contribution in [3.8, 4) is 33.9 Å². The molecule has 0 saturated heterocycles. The van der Waals surface area contributed by atoms with Crippen LogP contribution in [0, 0.1) is 11.6 Å². The smallest absolute Gasteiger partial charge is 0.157 e. The van der Waals surface area contributed by atoms with E-state index in [0.717, 1.165) is 23.9 Å². The van der Waals surface area contributed by atoms with Gasteiger partial charge in [-0.1, -0.05) is 13.3 Å². The van der Waals surface area contributed by atoms with Crippen LogP contribution in [-0.4, -0.2) is 41.5 Å². The van der Waals surface area contributed by atoms with Crippen molar-refractivity contribution in [1.82, 2.24) is 30.1 Å². The van der Waals surface area contributed by atoms with Crippen molar-refractivity contribution in [2.75, 3.05) is 5.32 Å². The molecule has 0 fully saturated rings. The lowest BCUT2D eigenvalue weighted by atomic mass is 10.0. The lowest BCUT2D eigenvalue weighted by molar-refractivity contribution is 0.190. The second-order valence-electron chi connectivity index (χ2n) is 9.37. The summed E-state index contributed by atoms with van der Waals surface area (Å²) in [6.45, 7) is 2.07. The van der Waals surface area contributed by atoms with Crippen molar-refractivity contribution in [2.45, 2.75) is 32.4 Å². The third-order valence-corrected chi connectivity index (χ3v) is 6.60. The molecule has 0 bridgehead atoms. The van der Waals surface area contributed by atoms with Gasteiger partial charge < -0.3 is 15.4 Å². The Labute approximate surface area is 222 Å². The molecular formula is C29H25F2N7O. The van der Waals surface area contributed by atoms with Crippen molar-refractivity contribution in [1.29, 1.82) is 0 Å². The summed E-state index contributed by atoms with van der Waals surface area (Å²) < 4.78 is 28.7. The Hall–Kier alpha value is -4.70. The average molecular weight is 526 g/mol. The van der Waals surface area contributed by atoms with E-state index in [4.69, 9.17) is 4.98 Å². The van der Waals surface area contributed by atoms with Gasteiger partial charge in [-0.15, -0.1) is 0 Å². The van der Waals surface area contributed by atoms with Gasteiger partial charge in [-0.05, 0) is 66.9 Å². The number of unbranched alkanes of at least 4 members (excludes halogenated alkanes) is 1. The van der Waals surface area contributed by atoms with E-state index < -0.39 is 12.0 Å². The van der Waals surface area contributed by atoms with Crippen LogP contribution >= 0.6 is 0 Å². The minimum absolute atomic E-state index is 0.184. The zero-order valence-electron chi connectivity index (χ0n) is 21.0. The van der Waals surface area contributed by atoms with Gasteiger partial charge in [0.05, 0.1) is 23.1 Å². The average Bonchev–Trinajstić information content (AvgIpc) is 3.57. The second-order valence-corrected chi connectivity index (χ2v) is 9.37. The molecule has 4 heterocycles. The minimum Gasteiger partial charge on any atom is -0.374 e. The first-order chi connectivity index (χ1) is 19.0. The number of hydrogen-bond donors (Lipinski definition) is 4. The molecule has 0 amide bonds. The molecule has 1 unspecified atom stereocenters. The van der Waals surface area contributed by atoms with Crippen LogP contribution in [0.25, 0.3) is 55.8 Å². The minimum atomic E-state index is -0.691. The summed E-state index contributed by atoms with van der Waals surface area (Å²) in [5.74, 6) is -0.358. The Morgan fingerprint density at radius 2 is 1.82 bits per heavy atom. The van der Waals surface area contributed by atoms with E-state index in [9.17, 15) is 9.50 Å². The SMILES string of the molecule is CCCCC(O)Nc1cncc(-c2cc(F)c3n[nH]c(-c4nc5c(-c6ccc(F)cc6)nccc5[nH]4)c3c2)c1. The fourth-order valence-electron chi connectivity index (χ4n) is 4.63. The van der Waals surface area contributed by atoms with Gasteiger partial charge in [-0.2, -0.15) is 5.10 Å². The molecule has 6 rings (SSSR count). The van der Waals surface area contributed by atoms with Gasteiger partial charge in [0, 0.05) is 28.9 Å². The maximum absolute atomic E-state index is 15.2. The number of H-pyrrole nitrogens is 2. The van der Waals surface area contributed by atoms with Gasteiger partial charge >= 0.3 is 0 Å². The molecule has 2 aromatic carbocycles. The van der Waals surface area contributed by atoms with E-state index in [2.05, 4.69) is 37.4 Å². The van der Waals surface area contributed by atoms with Gasteiger partial charge in [0.2, 0.25) is 0 Å². The van der Waals surface area contributed by atoms with E-state index >= 15 is 4.39 Å². The molecule has 0 radical (unpaired) electrons. The summed E-state index contributed by atoms with van der Waals surface area (Å²) in [4.78, 5) is 16.8. The van der Waals surface area contributed by atoms with Gasteiger partial charge in [0.15, 0.2) is 11.6 Å². The Bertz CT molecular complexity index is 1780. The number of halogens is 2. The third kappa shape index (κ3) is 4.82. The van der Waals surface area contributed by atoms with Crippen LogP contribution in [0.1, 0.15) is 26.2 Å². The molecular weight excluding hydrogens is 500 g/mol. The molecule has 0 aliphatic heterocycles.